The van der Waals surface area contributed by atoms with Crippen LogP contribution in [0.5, 0.6) is 0 Å². The number of Topliss-reactive ketones (excluding diaryl/α,β-unsaturated/α-hetero) is 1. The van der Waals surface area contributed by atoms with Crippen molar-refractivity contribution in [2.75, 3.05) is 0 Å². The maximum absolute atomic E-state index is 12.7. The van der Waals surface area contributed by atoms with Gasteiger partial charge < -0.3 is 4.74 Å². The predicted molar refractivity (Wildman–Crippen MR) is 95.6 cm³/mol. The number of benzene rings is 1. The summed E-state index contributed by atoms with van der Waals surface area (Å²) in [6, 6.07) is 11.1. The second-order valence-electron chi connectivity index (χ2n) is 7.25. The largest absolute Gasteiger partial charge is 0.443 e. The molecule has 24 heavy (non-hydrogen) atoms. The predicted octanol–water partition coefficient (Wildman–Crippen LogP) is 5.26. The molecule has 1 heterocycles. The van der Waals surface area contributed by atoms with E-state index in [0.717, 1.165) is 17.0 Å². The van der Waals surface area contributed by atoms with Crippen LogP contribution in [0.15, 0.2) is 36.4 Å². The third-order valence-electron chi connectivity index (χ3n) is 3.67. The first-order valence-corrected chi connectivity index (χ1v) is 8.16. The first-order valence-electron chi connectivity index (χ1n) is 8.16. The van der Waals surface area contributed by atoms with Gasteiger partial charge in [0.25, 0.3) is 0 Å². The molecule has 4 nitrogen and oxygen atoms in total. The molecule has 0 fully saturated rings. The molecule has 0 spiro atoms. The van der Waals surface area contributed by atoms with Crippen molar-refractivity contribution in [3.63, 3.8) is 0 Å². The monoisotopic (exact) mass is 327 g/mol. The fourth-order valence-electron chi connectivity index (χ4n) is 2.52. The van der Waals surface area contributed by atoms with Crippen molar-refractivity contribution in [3.8, 4) is 11.3 Å². The Kier molecular flexibility index (Phi) is 4.97. The topological polar surface area (TPSA) is 48.3 Å². The summed E-state index contributed by atoms with van der Waals surface area (Å²) in [6.07, 6.45) is -0.387. The number of carbonyl (C=O) groups is 2. The standard InChI is InChI=1S/C20H25NO3/c1-13(2)17-11-12-18(21(17)19(23)24-20(4,5)6)16-9-7-15(8-10-16)14(3)22/h7-13H,1-6H3. The summed E-state index contributed by atoms with van der Waals surface area (Å²) in [6.45, 7) is 11.2. The minimum atomic E-state index is -0.564. The molecule has 1 aromatic heterocycles. The number of carbonyl (C=O) groups excluding carboxylic acids is 2. The van der Waals surface area contributed by atoms with Crippen LogP contribution in [0.1, 0.15) is 63.5 Å². The Morgan fingerprint density at radius 1 is 1.00 bits per heavy atom. The van der Waals surface area contributed by atoms with Crippen molar-refractivity contribution in [3.05, 3.63) is 47.7 Å². The van der Waals surface area contributed by atoms with Crippen LogP contribution < -0.4 is 0 Å². The maximum Gasteiger partial charge on any atom is 0.419 e. The lowest BCUT2D eigenvalue weighted by Gasteiger charge is -2.22. The second-order valence-corrected chi connectivity index (χ2v) is 7.25. The van der Waals surface area contributed by atoms with Crippen LogP contribution in [0, 0.1) is 0 Å². The van der Waals surface area contributed by atoms with E-state index in [1.165, 1.54) is 6.92 Å². The molecule has 4 heteroatoms. The molecular weight excluding hydrogens is 302 g/mol. The van der Waals surface area contributed by atoms with Gasteiger partial charge in [-0.05, 0) is 51.3 Å². The number of hydrogen-bond donors (Lipinski definition) is 0. The van der Waals surface area contributed by atoms with Crippen LogP contribution in [0.3, 0.4) is 0 Å². The highest BCUT2D eigenvalue weighted by Crippen LogP contribution is 2.28. The lowest BCUT2D eigenvalue weighted by atomic mass is 10.1. The van der Waals surface area contributed by atoms with Gasteiger partial charge in [-0.1, -0.05) is 38.1 Å². The van der Waals surface area contributed by atoms with Gasteiger partial charge in [0.2, 0.25) is 0 Å². The van der Waals surface area contributed by atoms with E-state index in [0.29, 0.717) is 5.56 Å². The molecule has 0 amide bonds. The summed E-state index contributed by atoms with van der Waals surface area (Å²) in [5.74, 6) is 0.203. The van der Waals surface area contributed by atoms with Crippen LogP contribution in [-0.2, 0) is 4.74 Å². The van der Waals surface area contributed by atoms with E-state index >= 15 is 0 Å². The van der Waals surface area contributed by atoms with Gasteiger partial charge in [0, 0.05) is 11.3 Å². The minimum Gasteiger partial charge on any atom is -0.443 e. The zero-order valence-electron chi connectivity index (χ0n) is 15.2. The van der Waals surface area contributed by atoms with Gasteiger partial charge in [-0.15, -0.1) is 0 Å². The molecule has 2 rings (SSSR count). The van der Waals surface area contributed by atoms with Crippen LogP contribution in [-0.4, -0.2) is 22.0 Å². The molecular formula is C20H25NO3. The third-order valence-corrected chi connectivity index (χ3v) is 3.67. The Labute approximate surface area is 143 Å². The van der Waals surface area contributed by atoms with E-state index in [1.807, 2.05) is 58.9 Å². The van der Waals surface area contributed by atoms with E-state index in [1.54, 1.807) is 16.7 Å². The third kappa shape index (κ3) is 3.94. The van der Waals surface area contributed by atoms with Gasteiger partial charge >= 0.3 is 6.09 Å². The summed E-state index contributed by atoms with van der Waals surface area (Å²) in [5, 5.41) is 0. The van der Waals surface area contributed by atoms with Crippen LogP contribution in [0.4, 0.5) is 4.79 Å². The summed E-state index contributed by atoms with van der Waals surface area (Å²) in [4.78, 5) is 24.1. The van der Waals surface area contributed by atoms with Crippen molar-refractivity contribution in [2.45, 2.75) is 53.1 Å². The molecule has 0 aliphatic heterocycles. The molecule has 0 aliphatic carbocycles. The van der Waals surface area contributed by atoms with Crippen molar-refractivity contribution >= 4 is 11.9 Å². The highest BCUT2D eigenvalue weighted by atomic mass is 16.6. The second kappa shape index (κ2) is 6.63. The molecule has 128 valence electrons. The Hall–Kier alpha value is -2.36. The number of ether oxygens (including phenoxy) is 1. The van der Waals surface area contributed by atoms with Gasteiger partial charge in [0.05, 0.1) is 5.69 Å². The molecule has 0 aliphatic rings. The molecule has 0 saturated heterocycles. The first kappa shape index (κ1) is 18.0. The fourth-order valence-corrected chi connectivity index (χ4v) is 2.52. The lowest BCUT2D eigenvalue weighted by molar-refractivity contribution is 0.0534. The number of aromatic nitrogens is 1. The van der Waals surface area contributed by atoms with E-state index in [2.05, 4.69) is 0 Å². The lowest BCUT2D eigenvalue weighted by Crippen LogP contribution is -2.28. The van der Waals surface area contributed by atoms with E-state index in [-0.39, 0.29) is 17.8 Å². The normalized spacial score (nSPS) is 11.6. The number of nitrogens with zero attached hydrogens (tertiary/aromatic N) is 1. The molecule has 0 atom stereocenters. The highest BCUT2D eigenvalue weighted by Gasteiger charge is 2.23. The smallest absolute Gasteiger partial charge is 0.419 e. The van der Waals surface area contributed by atoms with E-state index in [4.69, 9.17) is 4.74 Å². The van der Waals surface area contributed by atoms with E-state index < -0.39 is 5.60 Å². The zero-order valence-corrected chi connectivity index (χ0v) is 15.2. The Morgan fingerprint density at radius 2 is 1.58 bits per heavy atom. The molecule has 0 bridgehead atoms. The zero-order chi connectivity index (χ0) is 18.1. The van der Waals surface area contributed by atoms with Crippen molar-refractivity contribution in [1.82, 2.24) is 4.57 Å². The van der Waals surface area contributed by atoms with Crippen molar-refractivity contribution in [1.29, 1.82) is 0 Å². The van der Waals surface area contributed by atoms with Crippen LogP contribution >= 0.6 is 0 Å². The fraction of sp³-hybridized carbons (Fsp3) is 0.400. The van der Waals surface area contributed by atoms with E-state index in [9.17, 15) is 9.59 Å². The average Bonchev–Trinajstić information content (AvgIpc) is 2.90. The molecule has 0 radical (unpaired) electrons. The number of hydrogen-bond acceptors (Lipinski definition) is 3. The Morgan fingerprint density at radius 3 is 2.04 bits per heavy atom. The average molecular weight is 327 g/mol. The SMILES string of the molecule is CC(=O)c1ccc(-c2ccc(C(C)C)n2C(=O)OC(C)(C)C)cc1. The molecule has 0 saturated carbocycles. The van der Waals surface area contributed by atoms with Gasteiger partial charge in [0.15, 0.2) is 5.78 Å². The summed E-state index contributed by atoms with van der Waals surface area (Å²) < 4.78 is 7.19. The van der Waals surface area contributed by atoms with Gasteiger partial charge in [0.1, 0.15) is 5.60 Å². The quantitative estimate of drug-likeness (QED) is 0.722. The highest BCUT2D eigenvalue weighted by molar-refractivity contribution is 5.94. The molecule has 1 aromatic carbocycles. The molecule has 0 N–H and O–H groups in total. The van der Waals surface area contributed by atoms with Crippen LogP contribution in [0.2, 0.25) is 0 Å². The van der Waals surface area contributed by atoms with Gasteiger partial charge in [-0.2, -0.15) is 0 Å². The van der Waals surface area contributed by atoms with Gasteiger partial charge in [-0.3, -0.25) is 4.79 Å². The first-order chi connectivity index (χ1) is 11.1. The summed E-state index contributed by atoms with van der Waals surface area (Å²) >= 11 is 0. The maximum atomic E-state index is 12.7. The van der Waals surface area contributed by atoms with Crippen molar-refractivity contribution in [2.24, 2.45) is 0 Å². The number of ketones is 1. The summed E-state index contributed by atoms with van der Waals surface area (Å²) in [5.41, 5.74) is 2.62. The Bertz CT molecular complexity index is 746. The molecule has 2 aromatic rings. The van der Waals surface area contributed by atoms with Crippen LogP contribution in [0.25, 0.3) is 11.3 Å². The van der Waals surface area contributed by atoms with Crippen molar-refractivity contribution < 1.29 is 14.3 Å². The van der Waals surface area contributed by atoms with Gasteiger partial charge in [-0.25, -0.2) is 9.36 Å². The Balaban J connectivity index is 2.50. The molecule has 0 unspecified atom stereocenters. The minimum absolute atomic E-state index is 0.0203. The number of rotatable bonds is 3. The summed E-state index contributed by atoms with van der Waals surface area (Å²) in [7, 11) is 0.